The third-order valence-electron chi connectivity index (χ3n) is 2.99. The minimum Gasteiger partial charge on any atom is -0.366 e. The van der Waals surface area contributed by atoms with Crippen molar-refractivity contribution in [3.05, 3.63) is 36.2 Å². The summed E-state index contributed by atoms with van der Waals surface area (Å²) in [7, 11) is 0. The van der Waals surface area contributed by atoms with E-state index in [1.54, 1.807) is 12.4 Å². The van der Waals surface area contributed by atoms with Gasteiger partial charge in [0.2, 0.25) is 0 Å². The fourth-order valence-corrected chi connectivity index (χ4v) is 1.99. The molecular formula is C13H15N5. The highest BCUT2D eigenvalue weighted by Crippen LogP contribution is 2.11. The van der Waals surface area contributed by atoms with E-state index in [2.05, 4.69) is 31.7 Å². The number of nitrogens with one attached hydrogen (secondary N) is 2. The van der Waals surface area contributed by atoms with Crippen LogP contribution in [0, 0.1) is 0 Å². The van der Waals surface area contributed by atoms with Gasteiger partial charge in [0, 0.05) is 25.5 Å². The molecule has 0 aromatic carbocycles. The van der Waals surface area contributed by atoms with E-state index in [4.69, 9.17) is 0 Å². The van der Waals surface area contributed by atoms with Crippen molar-refractivity contribution >= 4 is 17.0 Å². The number of rotatable bonds is 3. The summed E-state index contributed by atoms with van der Waals surface area (Å²) in [6, 6.07) is 3.88. The Morgan fingerprint density at radius 1 is 1.22 bits per heavy atom. The average Bonchev–Trinajstić information content (AvgIpc) is 2.46. The number of anilines is 1. The molecule has 0 saturated carbocycles. The van der Waals surface area contributed by atoms with Crippen molar-refractivity contribution in [2.45, 2.75) is 6.42 Å². The lowest BCUT2D eigenvalue weighted by Crippen LogP contribution is -2.23. The van der Waals surface area contributed by atoms with Crippen molar-refractivity contribution in [1.82, 2.24) is 20.3 Å². The first-order valence-electron chi connectivity index (χ1n) is 6.12. The van der Waals surface area contributed by atoms with Crippen molar-refractivity contribution in [3.63, 3.8) is 0 Å². The van der Waals surface area contributed by atoms with Crippen LogP contribution in [0.1, 0.15) is 6.42 Å². The van der Waals surface area contributed by atoms with Gasteiger partial charge in [0.1, 0.15) is 11.3 Å². The van der Waals surface area contributed by atoms with Gasteiger partial charge in [0.25, 0.3) is 0 Å². The molecule has 2 N–H and O–H groups in total. The molecule has 0 atom stereocenters. The zero-order valence-corrected chi connectivity index (χ0v) is 10.1. The normalized spacial score (nSPS) is 15.4. The van der Waals surface area contributed by atoms with Crippen molar-refractivity contribution in [3.8, 4) is 0 Å². The van der Waals surface area contributed by atoms with Crippen LogP contribution in [0.3, 0.4) is 0 Å². The number of pyridine rings is 1. The Labute approximate surface area is 105 Å². The molecule has 18 heavy (non-hydrogen) atoms. The summed E-state index contributed by atoms with van der Waals surface area (Å²) >= 11 is 0. The van der Waals surface area contributed by atoms with Gasteiger partial charge in [-0.1, -0.05) is 11.6 Å². The quantitative estimate of drug-likeness (QED) is 0.794. The topological polar surface area (TPSA) is 62.7 Å². The third kappa shape index (κ3) is 2.46. The molecular weight excluding hydrogens is 226 g/mol. The molecule has 0 spiro atoms. The number of fused-ring (bicyclic) bond motifs is 1. The molecule has 0 amide bonds. The fraction of sp³-hybridized carbons (Fsp3) is 0.308. The highest BCUT2D eigenvalue weighted by molar-refractivity contribution is 5.71. The smallest absolute Gasteiger partial charge is 0.180 e. The van der Waals surface area contributed by atoms with Crippen LogP contribution in [0.15, 0.2) is 36.2 Å². The van der Waals surface area contributed by atoms with Gasteiger partial charge in [0.05, 0.1) is 0 Å². The Morgan fingerprint density at radius 3 is 3.06 bits per heavy atom. The van der Waals surface area contributed by atoms with E-state index < -0.39 is 0 Å². The van der Waals surface area contributed by atoms with Gasteiger partial charge < -0.3 is 10.6 Å². The summed E-state index contributed by atoms with van der Waals surface area (Å²) in [4.78, 5) is 12.8. The van der Waals surface area contributed by atoms with E-state index in [9.17, 15) is 0 Å². The van der Waals surface area contributed by atoms with E-state index in [0.717, 1.165) is 37.4 Å². The summed E-state index contributed by atoms with van der Waals surface area (Å²) in [6.45, 7) is 2.87. The van der Waals surface area contributed by atoms with E-state index in [1.807, 2.05) is 12.1 Å². The number of aromatic nitrogens is 3. The second-order valence-corrected chi connectivity index (χ2v) is 4.27. The van der Waals surface area contributed by atoms with Crippen molar-refractivity contribution in [2.24, 2.45) is 0 Å². The van der Waals surface area contributed by atoms with E-state index >= 15 is 0 Å². The summed E-state index contributed by atoms with van der Waals surface area (Å²) in [5, 5.41) is 6.63. The summed E-state index contributed by atoms with van der Waals surface area (Å²) in [5.74, 6) is 0.849. The first kappa shape index (κ1) is 11.1. The highest BCUT2D eigenvalue weighted by atomic mass is 15.0. The summed E-state index contributed by atoms with van der Waals surface area (Å²) in [5.41, 5.74) is 2.93. The predicted molar refractivity (Wildman–Crippen MR) is 71.4 cm³/mol. The van der Waals surface area contributed by atoms with Gasteiger partial charge in [-0.25, -0.2) is 9.97 Å². The molecule has 0 radical (unpaired) electrons. The minimum absolute atomic E-state index is 0.682. The first-order chi connectivity index (χ1) is 8.92. The Kier molecular flexibility index (Phi) is 3.14. The molecule has 0 fully saturated rings. The maximum Gasteiger partial charge on any atom is 0.180 e. The Hall–Kier alpha value is -2.01. The molecule has 1 aliphatic rings. The maximum atomic E-state index is 4.43. The molecule has 92 valence electrons. The predicted octanol–water partition coefficient (Wildman–Crippen LogP) is 1.36. The molecule has 0 saturated heterocycles. The Morgan fingerprint density at radius 2 is 2.17 bits per heavy atom. The van der Waals surface area contributed by atoms with Gasteiger partial charge in [-0.3, -0.25) is 4.98 Å². The summed E-state index contributed by atoms with van der Waals surface area (Å²) in [6.07, 6.45) is 6.67. The second-order valence-electron chi connectivity index (χ2n) is 4.27. The standard InChI is InChI=1S/C13H15N5/c1-2-12(17-9-10-3-5-14-6-4-10)18-13-11(1)15-7-8-16-13/h1-3,7-8,14H,4-6,9H2,(H,16,17,18). The van der Waals surface area contributed by atoms with Crippen molar-refractivity contribution in [2.75, 3.05) is 25.0 Å². The lowest BCUT2D eigenvalue weighted by molar-refractivity contribution is 0.698. The molecule has 0 bridgehead atoms. The lowest BCUT2D eigenvalue weighted by Gasteiger charge is -2.14. The highest BCUT2D eigenvalue weighted by Gasteiger charge is 2.04. The Bertz CT molecular complexity index is 578. The number of hydrogen-bond acceptors (Lipinski definition) is 5. The third-order valence-corrected chi connectivity index (χ3v) is 2.99. The maximum absolute atomic E-state index is 4.43. The minimum atomic E-state index is 0.682. The largest absolute Gasteiger partial charge is 0.366 e. The van der Waals surface area contributed by atoms with Gasteiger partial charge >= 0.3 is 0 Å². The second kappa shape index (κ2) is 5.10. The summed E-state index contributed by atoms with van der Waals surface area (Å²) < 4.78 is 0. The van der Waals surface area contributed by atoms with Crippen LogP contribution in [0.4, 0.5) is 5.82 Å². The number of nitrogens with zero attached hydrogens (tertiary/aromatic N) is 3. The van der Waals surface area contributed by atoms with Crippen molar-refractivity contribution < 1.29 is 0 Å². The molecule has 2 aromatic rings. The van der Waals surface area contributed by atoms with E-state index in [0.29, 0.717) is 5.65 Å². The lowest BCUT2D eigenvalue weighted by atomic mass is 10.1. The molecule has 3 heterocycles. The van der Waals surface area contributed by atoms with Crippen molar-refractivity contribution in [1.29, 1.82) is 0 Å². The van der Waals surface area contributed by atoms with Crippen LogP contribution in [0.2, 0.25) is 0 Å². The average molecular weight is 241 g/mol. The molecule has 1 aliphatic heterocycles. The van der Waals surface area contributed by atoms with Crippen LogP contribution in [0.25, 0.3) is 11.2 Å². The van der Waals surface area contributed by atoms with Gasteiger partial charge in [-0.2, -0.15) is 0 Å². The SMILES string of the molecule is C1=C(CNc2ccc3nccnc3n2)CCNC1. The van der Waals surface area contributed by atoms with Crippen LogP contribution >= 0.6 is 0 Å². The molecule has 5 nitrogen and oxygen atoms in total. The fourth-order valence-electron chi connectivity index (χ4n) is 1.99. The van der Waals surface area contributed by atoms with Crippen LogP contribution in [-0.2, 0) is 0 Å². The monoisotopic (exact) mass is 241 g/mol. The van der Waals surface area contributed by atoms with Gasteiger partial charge in [0.15, 0.2) is 5.65 Å². The van der Waals surface area contributed by atoms with Crippen LogP contribution in [0.5, 0.6) is 0 Å². The molecule has 2 aromatic heterocycles. The molecule has 0 aliphatic carbocycles. The number of hydrogen-bond donors (Lipinski definition) is 2. The Balaban J connectivity index is 1.72. The molecule has 3 rings (SSSR count). The van der Waals surface area contributed by atoms with Gasteiger partial charge in [-0.15, -0.1) is 0 Å². The molecule has 5 heteroatoms. The van der Waals surface area contributed by atoms with Crippen LogP contribution < -0.4 is 10.6 Å². The first-order valence-corrected chi connectivity index (χ1v) is 6.12. The van der Waals surface area contributed by atoms with Crippen LogP contribution in [-0.4, -0.2) is 34.6 Å². The molecule has 0 unspecified atom stereocenters. The van der Waals surface area contributed by atoms with E-state index in [1.165, 1.54) is 5.57 Å². The zero-order chi connectivity index (χ0) is 12.2. The van der Waals surface area contributed by atoms with E-state index in [-0.39, 0.29) is 0 Å². The van der Waals surface area contributed by atoms with Gasteiger partial charge in [-0.05, 0) is 25.1 Å². The zero-order valence-electron chi connectivity index (χ0n) is 10.1.